The molecule has 1 aromatic carbocycles. The molecule has 1 rings (SSSR count). The lowest BCUT2D eigenvalue weighted by molar-refractivity contribution is -0.0435. The molecule has 2 nitrogen and oxygen atoms in total. The van der Waals surface area contributed by atoms with Crippen molar-refractivity contribution in [2.75, 3.05) is 5.75 Å². The molecule has 0 saturated heterocycles. The standard InChI is InChI=1S/C11H12F3IO2S/c12-11(13,14)18(16,17)7-6-10(15)8-9-4-2-1-3-5-9/h1-5,10H,6-8H2. The van der Waals surface area contributed by atoms with E-state index in [9.17, 15) is 21.6 Å². The van der Waals surface area contributed by atoms with Crippen LogP contribution < -0.4 is 0 Å². The molecule has 0 aliphatic heterocycles. The predicted molar refractivity (Wildman–Crippen MR) is 72.4 cm³/mol. The van der Waals surface area contributed by atoms with Crippen molar-refractivity contribution >= 4 is 32.4 Å². The smallest absolute Gasteiger partial charge is 0.220 e. The van der Waals surface area contributed by atoms with Gasteiger partial charge < -0.3 is 0 Å². The zero-order valence-corrected chi connectivity index (χ0v) is 12.3. The van der Waals surface area contributed by atoms with Gasteiger partial charge in [-0.05, 0) is 18.4 Å². The lowest BCUT2D eigenvalue weighted by Crippen LogP contribution is -2.27. The van der Waals surface area contributed by atoms with Crippen LogP contribution in [0.1, 0.15) is 12.0 Å². The molecule has 0 heterocycles. The third-order valence-electron chi connectivity index (χ3n) is 2.35. The van der Waals surface area contributed by atoms with Crippen molar-refractivity contribution in [1.29, 1.82) is 0 Å². The largest absolute Gasteiger partial charge is 0.497 e. The molecule has 0 aliphatic rings. The number of halogens is 4. The van der Waals surface area contributed by atoms with E-state index in [2.05, 4.69) is 0 Å². The molecular weight excluding hydrogens is 380 g/mol. The first-order chi connectivity index (χ1) is 8.22. The lowest BCUT2D eigenvalue weighted by atomic mass is 10.1. The zero-order chi connectivity index (χ0) is 13.8. The maximum Gasteiger partial charge on any atom is 0.497 e. The second kappa shape index (κ2) is 6.23. The van der Waals surface area contributed by atoms with Crippen LogP contribution in [0.3, 0.4) is 0 Å². The van der Waals surface area contributed by atoms with Gasteiger partial charge in [-0.3, -0.25) is 0 Å². The maximum atomic E-state index is 12.1. The highest BCUT2D eigenvalue weighted by Gasteiger charge is 2.45. The summed E-state index contributed by atoms with van der Waals surface area (Å²) in [6.45, 7) is 0. The first kappa shape index (κ1) is 15.7. The van der Waals surface area contributed by atoms with Crippen LogP contribution in [0.25, 0.3) is 0 Å². The predicted octanol–water partition coefficient (Wildman–Crippen LogP) is 3.36. The molecule has 102 valence electrons. The number of rotatable bonds is 5. The molecule has 0 amide bonds. The average molecular weight is 392 g/mol. The summed E-state index contributed by atoms with van der Waals surface area (Å²) in [4.78, 5) is 0. The average Bonchev–Trinajstić information content (AvgIpc) is 2.26. The number of hydrogen-bond acceptors (Lipinski definition) is 2. The van der Waals surface area contributed by atoms with Crippen molar-refractivity contribution in [3.63, 3.8) is 0 Å². The highest BCUT2D eigenvalue weighted by molar-refractivity contribution is 14.1. The van der Waals surface area contributed by atoms with Gasteiger partial charge in [-0.15, -0.1) is 0 Å². The van der Waals surface area contributed by atoms with E-state index in [-0.39, 0.29) is 10.3 Å². The minimum absolute atomic E-state index is 0.00268. The molecule has 1 atom stereocenters. The monoisotopic (exact) mass is 392 g/mol. The first-order valence-corrected chi connectivity index (χ1v) is 8.09. The summed E-state index contributed by atoms with van der Waals surface area (Å²) in [7, 11) is -4.99. The normalized spacial score (nSPS) is 14.4. The summed E-state index contributed by atoms with van der Waals surface area (Å²) >= 11 is 1.98. The molecule has 0 N–H and O–H groups in total. The molecule has 0 bridgehead atoms. The molecule has 0 aromatic heterocycles. The lowest BCUT2D eigenvalue weighted by Gasteiger charge is -2.11. The Kier molecular flexibility index (Phi) is 5.45. The zero-order valence-electron chi connectivity index (χ0n) is 9.32. The Hall–Kier alpha value is -0.310. The maximum absolute atomic E-state index is 12.1. The van der Waals surface area contributed by atoms with Crippen molar-refractivity contribution in [3.05, 3.63) is 35.9 Å². The Morgan fingerprint density at radius 1 is 1.17 bits per heavy atom. The molecule has 0 spiro atoms. The fourth-order valence-electron chi connectivity index (χ4n) is 1.37. The van der Waals surface area contributed by atoms with Crippen LogP contribution in [0.4, 0.5) is 13.2 Å². The van der Waals surface area contributed by atoms with Gasteiger partial charge in [0.25, 0.3) is 0 Å². The van der Waals surface area contributed by atoms with Crippen LogP contribution in [-0.4, -0.2) is 23.6 Å². The quantitative estimate of drug-likeness (QED) is 0.569. The van der Waals surface area contributed by atoms with Crippen LogP contribution in [0, 0.1) is 0 Å². The van der Waals surface area contributed by atoms with Gasteiger partial charge in [-0.25, -0.2) is 8.42 Å². The first-order valence-electron chi connectivity index (χ1n) is 5.19. The summed E-state index contributed by atoms with van der Waals surface area (Å²) in [5.74, 6) is -0.850. The van der Waals surface area contributed by atoms with Gasteiger partial charge in [-0.2, -0.15) is 13.2 Å². The molecule has 1 aromatic rings. The van der Waals surface area contributed by atoms with Crippen LogP contribution in [-0.2, 0) is 16.3 Å². The second-order valence-corrected chi connectivity index (χ2v) is 7.70. The summed E-state index contributed by atoms with van der Waals surface area (Å²) < 4.78 is 58.0. The van der Waals surface area contributed by atoms with Crippen LogP contribution in [0.2, 0.25) is 0 Å². The molecule has 7 heteroatoms. The molecule has 0 saturated carbocycles. The SMILES string of the molecule is O=S(=O)(CCC(I)Cc1ccccc1)C(F)(F)F. The molecule has 1 unspecified atom stereocenters. The Labute approximate surface area is 118 Å². The number of sulfone groups is 1. The minimum Gasteiger partial charge on any atom is -0.220 e. The Bertz CT molecular complexity index is 471. The van der Waals surface area contributed by atoms with E-state index in [0.717, 1.165) is 5.56 Å². The van der Waals surface area contributed by atoms with Gasteiger partial charge in [0.15, 0.2) is 0 Å². The summed E-state index contributed by atoms with van der Waals surface area (Å²) in [6, 6.07) is 9.25. The van der Waals surface area contributed by atoms with Gasteiger partial charge in [0.05, 0.1) is 5.75 Å². The van der Waals surface area contributed by atoms with Gasteiger partial charge in [0.1, 0.15) is 0 Å². The summed E-state index contributed by atoms with van der Waals surface area (Å²) in [5.41, 5.74) is -4.16. The summed E-state index contributed by atoms with van der Waals surface area (Å²) in [5, 5.41) is 0. The van der Waals surface area contributed by atoms with E-state index in [1.807, 2.05) is 52.9 Å². The van der Waals surface area contributed by atoms with Gasteiger partial charge in [0, 0.05) is 3.92 Å². The second-order valence-electron chi connectivity index (χ2n) is 3.84. The molecule has 0 aliphatic carbocycles. The molecule has 0 fully saturated rings. The van der Waals surface area contributed by atoms with E-state index in [4.69, 9.17) is 0 Å². The fourth-order valence-corrected chi connectivity index (χ4v) is 3.44. The van der Waals surface area contributed by atoms with Crippen LogP contribution >= 0.6 is 22.6 Å². The molecule has 18 heavy (non-hydrogen) atoms. The van der Waals surface area contributed by atoms with Crippen LogP contribution in [0.5, 0.6) is 0 Å². The number of alkyl halides is 4. The van der Waals surface area contributed by atoms with Gasteiger partial charge in [0.2, 0.25) is 9.84 Å². The van der Waals surface area contributed by atoms with Crippen LogP contribution in [0.15, 0.2) is 30.3 Å². The summed E-state index contributed by atoms with van der Waals surface area (Å²) in [6.07, 6.45) is 0.562. The van der Waals surface area contributed by atoms with Crippen molar-refractivity contribution in [3.8, 4) is 0 Å². The highest BCUT2D eigenvalue weighted by atomic mass is 127. The highest BCUT2D eigenvalue weighted by Crippen LogP contribution is 2.26. The minimum atomic E-state index is -5.14. The number of hydrogen-bond donors (Lipinski definition) is 0. The Morgan fingerprint density at radius 2 is 1.72 bits per heavy atom. The third-order valence-corrected chi connectivity index (χ3v) is 4.89. The van der Waals surface area contributed by atoms with Crippen molar-refractivity contribution < 1.29 is 21.6 Å². The van der Waals surface area contributed by atoms with Crippen molar-refractivity contribution in [2.24, 2.45) is 0 Å². The van der Waals surface area contributed by atoms with E-state index < -0.39 is 21.1 Å². The van der Waals surface area contributed by atoms with Crippen molar-refractivity contribution in [2.45, 2.75) is 22.3 Å². The van der Waals surface area contributed by atoms with E-state index in [1.165, 1.54) is 0 Å². The number of benzene rings is 1. The van der Waals surface area contributed by atoms with E-state index >= 15 is 0 Å². The fraction of sp³-hybridized carbons (Fsp3) is 0.455. The van der Waals surface area contributed by atoms with E-state index in [1.54, 1.807) is 0 Å². The third kappa shape index (κ3) is 4.75. The van der Waals surface area contributed by atoms with Crippen molar-refractivity contribution in [1.82, 2.24) is 0 Å². The Balaban J connectivity index is 2.50. The van der Waals surface area contributed by atoms with Gasteiger partial charge in [-0.1, -0.05) is 52.9 Å². The topological polar surface area (TPSA) is 34.1 Å². The van der Waals surface area contributed by atoms with E-state index in [0.29, 0.717) is 6.42 Å². The molecular formula is C11H12F3IO2S. The van der Waals surface area contributed by atoms with Gasteiger partial charge >= 0.3 is 5.51 Å². The Morgan fingerprint density at radius 3 is 2.22 bits per heavy atom. The molecule has 0 radical (unpaired) electrons.